The average Bonchev–Trinajstić information content (AvgIpc) is 2.47. The van der Waals surface area contributed by atoms with Gasteiger partial charge in [0, 0.05) is 38.4 Å². The third kappa shape index (κ3) is 5.39. The molecular formula is C14H21N3O4. The fourth-order valence-corrected chi connectivity index (χ4v) is 1.84. The molecule has 0 atom stereocenters. The molecule has 0 bridgehead atoms. The molecule has 7 nitrogen and oxygen atoms in total. The zero-order valence-corrected chi connectivity index (χ0v) is 12.3. The zero-order chi connectivity index (χ0) is 15.7. The van der Waals surface area contributed by atoms with E-state index in [4.69, 9.17) is 4.74 Å². The molecule has 7 heteroatoms. The van der Waals surface area contributed by atoms with Gasteiger partial charge in [-0.3, -0.25) is 14.9 Å². The number of nitro benzene ring substituents is 1. The fourth-order valence-electron chi connectivity index (χ4n) is 1.84. The molecule has 0 heterocycles. The summed E-state index contributed by atoms with van der Waals surface area (Å²) in [5, 5.41) is 16.6. The van der Waals surface area contributed by atoms with Crippen LogP contribution in [0, 0.1) is 10.1 Å². The standard InChI is InChI=1S/C14H21N3O4/c1-3-15-12-10-11(6-7-13(12)17(19)20)14(18)16-8-4-5-9-21-2/h6-7,10,15H,3-5,8-9H2,1-2H3,(H,16,18). The maximum atomic E-state index is 12.0. The van der Waals surface area contributed by atoms with E-state index in [1.54, 1.807) is 7.11 Å². The third-order valence-corrected chi connectivity index (χ3v) is 2.88. The molecule has 1 amide bonds. The van der Waals surface area contributed by atoms with Gasteiger partial charge in [-0.25, -0.2) is 0 Å². The second kappa shape index (κ2) is 8.91. The van der Waals surface area contributed by atoms with Crippen molar-refractivity contribution >= 4 is 17.3 Å². The number of unbranched alkanes of at least 4 members (excludes halogenated alkanes) is 1. The lowest BCUT2D eigenvalue weighted by molar-refractivity contribution is -0.384. The first-order valence-corrected chi connectivity index (χ1v) is 6.89. The van der Waals surface area contributed by atoms with Crippen molar-refractivity contribution in [1.29, 1.82) is 0 Å². The van der Waals surface area contributed by atoms with Crippen molar-refractivity contribution in [1.82, 2.24) is 5.32 Å². The molecule has 0 radical (unpaired) electrons. The average molecular weight is 295 g/mol. The lowest BCUT2D eigenvalue weighted by atomic mass is 10.1. The minimum absolute atomic E-state index is 0.0338. The summed E-state index contributed by atoms with van der Waals surface area (Å²) in [5.41, 5.74) is 0.728. The number of amides is 1. The highest BCUT2D eigenvalue weighted by Gasteiger charge is 2.16. The summed E-state index contributed by atoms with van der Waals surface area (Å²) in [6, 6.07) is 4.31. The van der Waals surface area contributed by atoms with E-state index in [9.17, 15) is 14.9 Å². The molecule has 0 aliphatic carbocycles. The molecule has 1 aromatic carbocycles. The second-order valence-corrected chi connectivity index (χ2v) is 4.48. The van der Waals surface area contributed by atoms with Gasteiger partial charge < -0.3 is 15.4 Å². The van der Waals surface area contributed by atoms with Crippen LogP contribution in [0.4, 0.5) is 11.4 Å². The number of hydrogen-bond donors (Lipinski definition) is 2. The van der Waals surface area contributed by atoms with E-state index < -0.39 is 4.92 Å². The first kappa shape index (κ1) is 16.9. The number of nitrogens with one attached hydrogen (secondary N) is 2. The summed E-state index contributed by atoms with van der Waals surface area (Å²) < 4.78 is 4.93. The predicted octanol–water partition coefficient (Wildman–Crippen LogP) is 2.18. The Morgan fingerprint density at radius 3 is 2.76 bits per heavy atom. The van der Waals surface area contributed by atoms with Crippen molar-refractivity contribution in [3.63, 3.8) is 0 Å². The molecule has 0 saturated carbocycles. The molecule has 0 unspecified atom stereocenters. The molecule has 0 saturated heterocycles. The fraction of sp³-hybridized carbons (Fsp3) is 0.500. The van der Waals surface area contributed by atoms with Crippen molar-refractivity contribution in [3.8, 4) is 0 Å². The zero-order valence-electron chi connectivity index (χ0n) is 12.3. The van der Waals surface area contributed by atoms with E-state index in [0.29, 0.717) is 30.9 Å². The summed E-state index contributed by atoms with van der Waals surface area (Å²) in [6.07, 6.45) is 1.70. The normalized spacial score (nSPS) is 10.2. The van der Waals surface area contributed by atoms with Crippen molar-refractivity contribution in [2.45, 2.75) is 19.8 Å². The molecule has 0 spiro atoms. The van der Waals surface area contributed by atoms with Crippen molar-refractivity contribution in [2.75, 3.05) is 32.1 Å². The molecule has 1 rings (SSSR count). The Hall–Kier alpha value is -2.15. The van der Waals surface area contributed by atoms with Gasteiger partial charge in [-0.05, 0) is 31.9 Å². The van der Waals surface area contributed by atoms with Gasteiger partial charge in [0.25, 0.3) is 11.6 Å². The van der Waals surface area contributed by atoms with Crippen LogP contribution < -0.4 is 10.6 Å². The minimum Gasteiger partial charge on any atom is -0.385 e. The SMILES string of the molecule is CCNc1cc(C(=O)NCCCCOC)ccc1[N+](=O)[O-]. The largest absolute Gasteiger partial charge is 0.385 e. The Bertz CT molecular complexity index is 491. The van der Waals surface area contributed by atoms with Crippen LogP contribution in [0.1, 0.15) is 30.1 Å². The van der Waals surface area contributed by atoms with Crippen molar-refractivity contribution < 1.29 is 14.5 Å². The van der Waals surface area contributed by atoms with Gasteiger partial charge in [0.05, 0.1) is 4.92 Å². The van der Waals surface area contributed by atoms with Gasteiger partial charge in [-0.2, -0.15) is 0 Å². The van der Waals surface area contributed by atoms with Crippen molar-refractivity contribution in [2.24, 2.45) is 0 Å². The van der Waals surface area contributed by atoms with Crippen LogP contribution in [0.5, 0.6) is 0 Å². The number of carbonyl (C=O) groups excluding carboxylic acids is 1. The minimum atomic E-state index is -0.468. The van der Waals surface area contributed by atoms with Crippen LogP contribution in [0.3, 0.4) is 0 Å². The van der Waals surface area contributed by atoms with E-state index in [1.807, 2.05) is 6.92 Å². The predicted molar refractivity (Wildman–Crippen MR) is 80.7 cm³/mol. The smallest absolute Gasteiger partial charge is 0.292 e. The van der Waals surface area contributed by atoms with Crippen LogP contribution in [-0.2, 0) is 4.74 Å². The molecular weight excluding hydrogens is 274 g/mol. The van der Waals surface area contributed by atoms with E-state index in [1.165, 1.54) is 18.2 Å². The summed E-state index contributed by atoms with van der Waals surface area (Å²) in [4.78, 5) is 22.4. The maximum absolute atomic E-state index is 12.0. The Morgan fingerprint density at radius 2 is 2.14 bits per heavy atom. The van der Waals surface area contributed by atoms with Crippen LogP contribution in [0.15, 0.2) is 18.2 Å². The summed E-state index contributed by atoms with van der Waals surface area (Å²) in [5.74, 6) is -0.235. The summed E-state index contributed by atoms with van der Waals surface area (Å²) in [7, 11) is 1.64. The van der Waals surface area contributed by atoms with Crippen LogP contribution in [0.25, 0.3) is 0 Å². The Balaban J connectivity index is 2.67. The number of methoxy groups -OCH3 is 1. The number of carbonyl (C=O) groups is 1. The Labute approximate surface area is 123 Å². The highest BCUT2D eigenvalue weighted by atomic mass is 16.6. The molecule has 0 aliphatic rings. The monoisotopic (exact) mass is 295 g/mol. The number of ether oxygens (including phenoxy) is 1. The van der Waals surface area contributed by atoms with Gasteiger partial charge in [0.1, 0.15) is 5.69 Å². The van der Waals surface area contributed by atoms with E-state index in [2.05, 4.69) is 10.6 Å². The van der Waals surface area contributed by atoms with E-state index in [-0.39, 0.29) is 11.6 Å². The van der Waals surface area contributed by atoms with Crippen molar-refractivity contribution in [3.05, 3.63) is 33.9 Å². The molecule has 2 N–H and O–H groups in total. The van der Waals surface area contributed by atoms with Gasteiger partial charge in [0.2, 0.25) is 0 Å². The lowest BCUT2D eigenvalue weighted by Crippen LogP contribution is -2.24. The molecule has 116 valence electrons. The summed E-state index contributed by atoms with van der Waals surface area (Å²) >= 11 is 0. The maximum Gasteiger partial charge on any atom is 0.292 e. The second-order valence-electron chi connectivity index (χ2n) is 4.48. The van der Waals surface area contributed by atoms with Crippen LogP contribution in [-0.4, -0.2) is 37.6 Å². The highest BCUT2D eigenvalue weighted by molar-refractivity contribution is 5.95. The van der Waals surface area contributed by atoms with Gasteiger partial charge in [-0.1, -0.05) is 0 Å². The summed E-state index contributed by atoms with van der Waals surface area (Å²) in [6.45, 7) is 3.60. The topological polar surface area (TPSA) is 93.5 Å². The van der Waals surface area contributed by atoms with Gasteiger partial charge >= 0.3 is 0 Å². The molecule has 1 aromatic rings. The third-order valence-electron chi connectivity index (χ3n) is 2.88. The molecule has 0 fully saturated rings. The number of hydrogen-bond acceptors (Lipinski definition) is 5. The molecule has 0 aromatic heterocycles. The number of anilines is 1. The molecule has 21 heavy (non-hydrogen) atoms. The first-order chi connectivity index (χ1) is 10.1. The van der Waals surface area contributed by atoms with Gasteiger partial charge in [0.15, 0.2) is 0 Å². The van der Waals surface area contributed by atoms with Gasteiger partial charge in [-0.15, -0.1) is 0 Å². The van der Waals surface area contributed by atoms with Crippen LogP contribution in [0.2, 0.25) is 0 Å². The van der Waals surface area contributed by atoms with E-state index in [0.717, 1.165) is 12.8 Å². The van der Waals surface area contributed by atoms with Crippen LogP contribution >= 0.6 is 0 Å². The first-order valence-electron chi connectivity index (χ1n) is 6.89. The highest BCUT2D eigenvalue weighted by Crippen LogP contribution is 2.25. The quantitative estimate of drug-likeness (QED) is 0.414. The number of rotatable bonds is 9. The lowest BCUT2D eigenvalue weighted by Gasteiger charge is -2.08. The van der Waals surface area contributed by atoms with E-state index >= 15 is 0 Å². The number of nitrogens with zero attached hydrogens (tertiary/aromatic N) is 1. The number of benzene rings is 1. The Kier molecular flexibility index (Phi) is 7.17. The number of nitro groups is 1. The molecule has 0 aliphatic heterocycles. The Morgan fingerprint density at radius 1 is 1.38 bits per heavy atom.